The number of ether oxygens (including phenoxy) is 1. The summed E-state index contributed by atoms with van der Waals surface area (Å²) in [6, 6.07) is 12.0. The van der Waals surface area contributed by atoms with Gasteiger partial charge in [-0.1, -0.05) is 23.8 Å². The molecular formula is C17H14FNO2. The average Bonchev–Trinajstić information content (AvgIpc) is 2.86. The summed E-state index contributed by atoms with van der Waals surface area (Å²) in [6.07, 6.45) is 0. The smallest absolute Gasteiger partial charge is 0.355 e. The summed E-state index contributed by atoms with van der Waals surface area (Å²) < 4.78 is 18.0. The highest BCUT2D eigenvalue weighted by atomic mass is 19.1. The number of aromatic amines is 1. The lowest BCUT2D eigenvalue weighted by Crippen LogP contribution is -2.03. The molecule has 0 spiro atoms. The maximum absolute atomic E-state index is 13.1. The summed E-state index contributed by atoms with van der Waals surface area (Å²) in [5.41, 5.74) is 3.82. The molecule has 1 N–H and O–H groups in total. The van der Waals surface area contributed by atoms with Crippen LogP contribution in [0.1, 0.15) is 16.1 Å². The number of aryl methyl sites for hydroxylation is 1. The van der Waals surface area contributed by atoms with Crippen LogP contribution in [0.3, 0.4) is 0 Å². The number of carbonyl (C=O) groups excluding carboxylic acids is 1. The minimum absolute atomic E-state index is 0.311. The Labute approximate surface area is 121 Å². The molecule has 0 fully saturated rings. The first kappa shape index (κ1) is 13.4. The Hall–Kier alpha value is -2.62. The number of methoxy groups -OCH3 is 1. The fourth-order valence-electron chi connectivity index (χ4n) is 2.48. The SMILES string of the molecule is COC(=O)c1[nH]c2ccc(C)cc2c1-c1ccc(F)cc1. The van der Waals surface area contributed by atoms with E-state index in [1.807, 2.05) is 25.1 Å². The first-order chi connectivity index (χ1) is 10.1. The molecule has 4 heteroatoms. The van der Waals surface area contributed by atoms with Crippen LogP contribution in [-0.4, -0.2) is 18.1 Å². The second-order valence-corrected chi connectivity index (χ2v) is 4.92. The van der Waals surface area contributed by atoms with E-state index in [-0.39, 0.29) is 5.82 Å². The molecule has 0 bridgehead atoms. The van der Waals surface area contributed by atoms with Gasteiger partial charge in [-0.05, 0) is 36.8 Å². The zero-order valence-electron chi connectivity index (χ0n) is 11.7. The average molecular weight is 283 g/mol. The van der Waals surface area contributed by atoms with Gasteiger partial charge in [0.2, 0.25) is 0 Å². The lowest BCUT2D eigenvalue weighted by atomic mass is 10.0. The van der Waals surface area contributed by atoms with Gasteiger partial charge in [0.15, 0.2) is 0 Å². The number of halogens is 1. The molecule has 3 rings (SSSR count). The van der Waals surface area contributed by atoms with Crippen molar-refractivity contribution in [2.45, 2.75) is 6.92 Å². The number of fused-ring (bicyclic) bond motifs is 1. The van der Waals surface area contributed by atoms with Crippen LogP contribution >= 0.6 is 0 Å². The van der Waals surface area contributed by atoms with Crippen LogP contribution in [-0.2, 0) is 4.74 Å². The van der Waals surface area contributed by atoms with Crippen molar-refractivity contribution >= 4 is 16.9 Å². The van der Waals surface area contributed by atoms with E-state index in [0.717, 1.165) is 27.6 Å². The number of aromatic nitrogens is 1. The summed E-state index contributed by atoms with van der Waals surface area (Å²) in [5, 5.41) is 0.919. The second-order valence-electron chi connectivity index (χ2n) is 4.92. The fourth-order valence-corrected chi connectivity index (χ4v) is 2.48. The minimum atomic E-state index is -0.442. The first-order valence-corrected chi connectivity index (χ1v) is 6.56. The molecule has 1 heterocycles. The Morgan fingerprint density at radius 1 is 1.14 bits per heavy atom. The van der Waals surface area contributed by atoms with E-state index in [1.165, 1.54) is 19.2 Å². The predicted octanol–water partition coefficient (Wildman–Crippen LogP) is 4.07. The third-order valence-electron chi connectivity index (χ3n) is 3.48. The van der Waals surface area contributed by atoms with Gasteiger partial charge in [-0.3, -0.25) is 0 Å². The van der Waals surface area contributed by atoms with Gasteiger partial charge in [0, 0.05) is 16.5 Å². The molecule has 2 aromatic carbocycles. The monoisotopic (exact) mass is 283 g/mol. The zero-order chi connectivity index (χ0) is 15.0. The van der Waals surface area contributed by atoms with Crippen LogP contribution in [0.25, 0.3) is 22.0 Å². The Kier molecular flexibility index (Phi) is 3.22. The van der Waals surface area contributed by atoms with E-state index in [1.54, 1.807) is 12.1 Å². The molecule has 0 radical (unpaired) electrons. The van der Waals surface area contributed by atoms with Crippen molar-refractivity contribution in [1.82, 2.24) is 4.98 Å². The molecule has 0 aliphatic rings. The molecule has 0 amide bonds. The van der Waals surface area contributed by atoms with Crippen molar-refractivity contribution in [2.75, 3.05) is 7.11 Å². The van der Waals surface area contributed by atoms with E-state index in [0.29, 0.717) is 5.69 Å². The Morgan fingerprint density at radius 3 is 2.52 bits per heavy atom. The van der Waals surface area contributed by atoms with Crippen molar-refractivity contribution in [3.63, 3.8) is 0 Å². The molecule has 0 atom stereocenters. The number of carbonyl (C=O) groups is 1. The lowest BCUT2D eigenvalue weighted by molar-refractivity contribution is 0.0596. The van der Waals surface area contributed by atoms with Crippen molar-refractivity contribution in [1.29, 1.82) is 0 Å². The van der Waals surface area contributed by atoms with Crippen LogP contribution < -0.4 is 0 Å². The van der Waals surface area contributed by atoms with E-state index in [2.05, 4.69) is 4.98 Å². The van der Waals surface area contributed by atoms with E-state index in [9.17, 15) is 9.18 Å². The molecule has 3 aromatic rings. The lowest BCUT2D eigenvalue weighted by Gasteiger charge is -2.04. The molecule has 21 heavy (non-hydrogen) atoms. The van der Waals surface area contributed by atoms with Crippen LogP contribution in [0, 0.1) is 12.7 Å². The maximum Gasteiger partial charge on any atom is 0.355 e. The quantitative estimate of drug-likeness (QED) is 0.720. The van der Waals surface area contributed by atoms with Crippen LogP contribution in [0.4, 0.5) is 4.39 Å². The molecule has 0 saturated carbocycles. The third-order valence-corrected chi connectivity index (χ3v) is 3.48. The van der Waals surface area contributed by atoms with Crippen LogP contribution in [0.2, 0.25) is 0 Å². The largest absolute Gasteiger partial charge is 0.464 e. The van der Waals surface area contributed by atoms with Crippen molar-refractivity contribution in [3.05, 3.63) is 59.5 Å². The van der Waals surface area contributed by atoms with Crippen LogP contribution in [0.15, 0.2) is 42.5 Å². The van der Waals surface area contributed by atoms with E-state index < -0.39 is 5.97 Å². The maximum atomic E-state index is 13.1. The number of H-pyrrole nitrogens is 1. The molecule has 1 aromatic heterocycles. The van der Waals surface area contributed by atoms with Gasteiger partial charge in [0.1, 0.15) is 11.5 Å². The Bertz CT molecular complexity index is 819. The van der Waals surface area contributed by atoms with Crippen LogP contribution in [0.5, 0.6) is 0 Å². The van der Waals surface area contributed by atoms with Gasteiger partial charge < -0.3 is 9.72 Å². The predicted molar refractivity (Wildman–Crippen MR) is 79.8 cm³/mol. The summed E-state index contributed by atoms with van der Waals surface area (Å²) in [5.74, 6) is -0.752. The van der Waals surface area contributed by atoms with Gasteiger partial charge >= 0.3 is 5.97 Å². The molecule has 0 unspecified atom stereocenters. The molecule has 106 valence electrons. The number of hydrogen-bond acceptors (Lipinski definition) is 2. The highest BCUT2D eigenvalue weighted by molar-refractivity contribution is 6.08. The van der Waals surface area contributed by atoms with Gasteiger partial charge in [0.25, 0.3) is 0 Å². The van der Waals surface area contributed by atoms with Gasteiger partial charge in [0.05, 0.1) is 7.11 Å². The topological polar surface area (TPSA) is 42.1 Å². The van der Waals surface area contributed by atoms with E-state index in [4.69, 9.17) is 4.74 Å². The normalized spacial score (nSPS) is 10.8. The van der Waals surface area contributed by atoms with Crippen molar-refractivity contribution in [2.24, 2.45) is 0 Å². The number of benzene rings is 2. The summed E-state index contributed by atoms with van der Waals surface area (Å²) in [4.78, 5) is 15.1. The molecular weight excluding hydrogens is 269 g/mol. The number of hydrogen-bond donors (Lipinski definition) is 1. The Balaban J connectivity index is 2.33. The number of nitrogens with one attached hydrogen (secondary N) is 1. The molecule has 0 aliphatic carbocycles. The minimum Gasteiger partial charge on any atom is -0.464 e. The third kappa shape index (κ3) is 2.29. The molecule has 0 saturated heterocycles. The van der Waals surface area contributed by atoms with Crippen molar-refractivity contribution < 1.29 is 13.9 Å². The number of esters is 1. The fraction of sp³-hybridized carbons (Fsp3) is 0.118. The Morgan fingerprint density at radius 2 is 1.86 bits per heavy atom. The zero-order valence-corrected chi connectivity index (χ0v) is 11.7. The van der Waals surface area contributed by atoms with Gasteiger partial charge in [-0.25, -0.2) is 9.18 Å². The molecule has 0 aliphatic heterocycles. The van der Waals surface area contributed by atoms with Gasteiger partial charge in [-0.15, -0.1) is 0 Å². The standard InChI is InChI=1S/C17H14FNO2/c1-10-3-8-14-13(9-10)15(16(19-14)17(20)21-2)11-4-6-12(18)7-5-11/h3-9,19H,1-2H3. The summed E-state index contributed by atoms with van der Waals surface area (Å²) >= 11 is 0. The highest BCUT2D eigenvalue weighted by Crippen LogP contribution is 2.33. The second kappa shape index (κ2) is 5.05. The summed E-state index contributed by atoms with van der Waals surface area (Å²) in [6.45, 7) is 1.98. The first-order valence-electron chi connectivity index (χ1n) is 6.56. The van der Waals surface area contributed by atoms with E-state index >= 15 is 0 Å². The molecule has 3 nitrogen and oxygen atoms in total. The van der Waals surface area contributed by atoms with Gasteiger partial charge in [-0.2, -0.15) is 0 Å². The van der Waals surface area contributed by atoms with Crippen molar-refractivity contribution in [3.8, 4) is 11.1 Å². The highest BCUT2D eigenvalue weighted by Gasteiger charge is 2.19. The summed E-state index contributed by atoms with van der Waals surface area (Å²) in [7, 11) is 1.34. The number of rotatable bonds is 2.